The van der Waals surface area contributed by atoms with Crippen LogP contribution in [-0.4, -0.2) is 41.7 Å². The standard InChI is InChI=1S/C30H28N8/c1-2-5-19(4-1)14-32-15-20-12-22(17-33-16-20)26-13-24-27(18-34-26)37-38-29(24)30-35-25-7-3-6-23(28(25)36-30)21-8-10-31-11-9-21/h3,6-13,16-19,32H,1-2,4-5,14-15H2,(H,35,36)(H,37,38). The fourth-order valence-electron chi connectivity index (χ4n) is 5.52. The number of para-hydroxylation sites is 1. The smallest absolute Gasteiger partial charge is 0.159 e. The lowest BCUT2D eigenvalue weighted by molar-refractivity contribution is 0.489. The molecule has 1 aliphatic carbocycles. The molecule has 3 N–H and O–H groups in total. The summed E-state index contributed by atoms with van der Waals surface area (Å²) in [6.45, 7) is 1.89. The highest BCUT2D eigenvalue weighted by Crippen LogP contribution is 2.32. The van der Waals surface area contributed by atoms with E-state index in [0.717, 1.165) is 74.6 Å². The zero-order chi connectivity index (χ0) is 25.3. The second kappa shape index (κ2) is 9.79. The van der Waals surface area contributed by atoms with Crippen LogP contribution in [-0.2, 0) is 6.54 Å². The summed E-state index contributed by atoms with van der Waals surface area (Å²) in [4.78, 5) is 21.8. The molecule has 0 atom stereocenters. The third-order valence-corrected chi connectivity index (χ3v) is 7.50. The first-order valence-electron chi connectivity index (χ1n) is 13.2. The molecule has 0 radical (unpaired) electrons. The van der Waals surface area contributed by atoms with Gasteiger partial charge in [-0.25, -0.2) is 4.98 Å². The molecular weight excluding hydrogens is 472 g/mol. The Kier molecular flexibility index (Phi) is 5.86. The van der Waals surface area contributed by atoms with Crippen LogP contribution in [0.1, 0.15) is 31.2 Å². The van der Waals surface area contributed by atoms with Crippen LogP contribution in [0.5, 0.6) is 0 Å². The summed E-state index contributed by atoms with van der Waals surface area (Å²) in [6.07, 6.45) is 14.7. The van der Waals surface area contributed by atoms with Gasteiger partial charge in [0.2, 0.25) is 0 Å². The van der Waals surface area contributed by atoms with E-state index >= 15 is 0 Å². The molecule has 8 nitrogen and oxygen atoms in total. The summed E-state index contributed by atoms with van der Waals surface area (Å²) in [5.41, 5.74) is 8.64. The monoisotopic (exact) mass is 500 g/mol. The van der Waals surface area contributed by atoms with Crippen molar-refractivity contribution in [2.45, 2.75) is 32.2 Å². The van der Waals surface area contributed by atoms with Gasteiger partial charge in [-0.2, -0.15) is 5.10 Å². The first kappa shape index (κ1) is 22.7. The first-order chi connectivity index (χ1) is 18.8. The number of benzene rings is 1. The van der Waals surface area contributed by atoms with Gasteiger partial charge in [-0.15, -0.1) is 0 Å². The minimum Gasteiger partial charge on any atom is -0.337 e. The Labute approximate surface area is 220 Å². The van der Waals surface area contributed by atoms with Crippen LogP contribution in [0.3, 0.4) is 0 Å². The zero-order valence-corrected chi connectivity index (χ0v) is 21.0. The highest BCUT2D eigenvalue weighted by Gasteiger charge is 2.17. The number of H-pyrrole nitrogens is 2. The number of nitrogens with one attached hydrogen (secondary N) is 3. The van der Waals surface area contributed by atoms with Crippen molar-refractivity contribution in [3.8, 4) is 33.9 Å². The van der Waals surface area contributed by atoms with E-state index in [9.17, 15) is 0 Å². The van der Waals surface area contributed by atoms with E-state index in [1.165, 1.54) is 25.7 Å². The topological polar surface area (TPSA) is 108 Å². The van der Waals surface area contributed by atoms with Crippen molar-refractivity contribution < 1.29 is 0 Å². The van der Waals surface area contributed by atoms with Crippen LogP contribution >= 0.6 is 0 Å². The minimum atomic E-state index is 0.716. The summed E-state index contributed by atoms with van der Waals surface area (Å²) in [5, 5.41) is 12.3. The van der Waals surface area contributed by atoms with E-state index < -0.39 is 0 Å². The number of nitrogens with zero attached hydrogens (tertiary/aromatic N) is 5. The second-order valence-electron chi connectivity index (χ2n) is 10.1. The van der Waals surface area contributed by atoms with E-state index in [1.54, 1.807) is 12.4 Å². The summed E-state index contributed by atoms with van der Waals surface area (Å²) >= 11 is 0. The lowest BCUT2D eigenvalue weighted by Gasteiger charge is -2.11. The van der Waals surface area contributed by atoms with E-state index in [0.29, 0.717) is 5.82 Å². The molecular formula is C30H28N8. The van der Waals surface area contributed by atoms with Crippen LogP contribution in [0.4, 0.5) is 0 Å². The predicted octanol–water partition coefficient (Wildman–Crippen LogP) is 5.91. The number of hydrogen-bond acceptors (Lipinski definition) is 6. The molecule has 0 spiro atoms. The molecule has 1 aliphatic rings. The van der Waals surface area contributed by atoms with Crippen molar-refractivity contribution in [1.82, 2.24) is 40.4 Å². The van der Waals surface area contributed by atoms with Crippen molar-refractivity contribution in [1.29, 1.82) is 0 Å². The zero-order valence-electron chi connectivity index (χ0n) is 21.0. The molecule has 188 valence electrons. The second-order valence-corrected chi connectivity index (χ2v) is 10.1. The number of fused-ring (bicyclic) bond motifs is 2. The van der Waals surface area contributed by atoms with Crippen LogP contribution in [0.2, 0.25) is 0 Å². The molecule has 1 aromatic carbocycles. The van der Waals surface area contributed by atoms with Crippen molar-refractivity contribution >= 4 is 21.9 Å². The quantitative estimate of drug-likeness (QED) is 0.252. The van der Waals surface area contributed by atoms with Crippen molar-refractivity contribution in [3.63, 3.8) is 0 Å². The van der Waals surface area contributed by atoms with Crippen LogP contribution in [0.25, 0.3) is 55.8 Å². The van der Waals surface area contributed by atoms with E-state index in [2.05, 4.69) is 48.7 Å². The summed E-state index contributed by atoms with van der Waals surface area (Å²) in [7, 11) is 0. The fourth-order valence-corrected chi connectivity index (χ4v) is 5.52. The molecule has 0 bridgehead atoms. The van der Waals surface area contributed by atoms with Gasteiger partial charge in [0.05, 0.1) is 28.4 Å². The van der Waals surface area contributed by atoms with Crippen molar-refractivity contribution in [2.24, 2.45) is 5.92 Å². The van der Waals surface area contributed by atoms with E-state index in [1.807, 2.05) is 42.9 Å². The average Bonchev–Trinajstić information content (AvgIpc) is 3.73. The Hall–Kier alpha value is -4.43. The van der Waals surface area contributed by atoms with E-state index in [4.69, 9.17) is 9.97 Å². The highest BCUT2D eigenvalue weighted by atomic mass is 15.1. The van der Waals surface area contributed by atoms with Gasteiger partial charge >= 0.3 is 0 Å². The molecule has 0 saturated heterocycles. The first-order valence-corrected chi connectivity index (χ1v) is 13.2. The lowest BCUT2D eigenvalue weighted by atomic mass is 10.1. The largest absolute Gasteiger partial charge is 0.337 e. The number of hydrogen-bond donors (Lipinski definition) is 3. The summed E-state index contributed by atoms with van der Waals surface area (Å²) < 4.78 is 0. The Morgan fingerprint density at radius 1 is 0.895 bits per heavy atom. The Morgan fingerprint density at radius 3 is 2.68 bits per heavy atom. The van der Waals surface area contributed by atoms with Crippen molar-refractivity contribution in [3.05, 3.63) is 79.0 Å². The Morgan fingerprint density at radius 2 is 1.79 bits per heavy atom. The molecule has 7 rings (SSSR count). The van der Waals surface area contributed by atoms with Crippen LogP contribution in [0, 0.1) is 5.92 Å². The number of pyridine rings is 3. The average molecular weight is 501 g/mol. The molecule has 0 amide bonds. The van der Waals surface area contributed by atoms with Gasteiger partial charge in [0.25, 0.3) is 0 Å². The maximum atomic E-state index is 4.97. The number of rotatable bonds is 7. The normalized spacial score (nSPS) is 14.1. The van der Waals surface area contributed by atoms with Gasteiger partial charge in [-0.05, 0) is 66.8 Å². The SMILES string of the molecule is c1cc(-c2ccncc2)c2nc(-c3n[nH]c4cnc(-c5cncc(CNCC6CCCC6)c5)cc34)[nH]c2c1. The summed E-state index contributed by atoms with van der Waals surface area (Å²) in [5.74, 6) is 1.53. The molecule has 0 aliphatic heterocycles. The molecule has 1 saturated carbocycles. The lowest BCUT2D eigenvalue weighted by Crippen LogP contribution is -2.20. The van der Waals surface area contributed by atoms with Gasteiger partial charge < -0.3 is 10.3 Å². The molecule has 5 heterocycles. The van der Waals surface area contributed by atoms with Crippen LogP contribution < -0.4 is 5.32 Å². The van der Waals surface area contributed by atoms with Gasteiger partial charge in [0.15, 0.2) is 5.82 Å². The Balaban J connectivity index is 1.20. The fraction of sp³-hybridized carbons (Fsp3) is 0.233. The third kappa shape index (κ3) is 4.33. The van der Waals surface area contributed by atoms with Gasteiger partial charge in [-0.3, -0.25) is 20.1 Å². The number of imidazole rings is 1. The minimum absolute atomic E-state index is 0.716. The van der Waals surface area contributed by atoms with E-state index in [-0.39, 0.29) is 0 Å². The maximum Gasteiger partial charge on any atom is 0.159 e. The Bertz CT molecular complexity index is 1710. The molecule has 1 fully saturated rings. The molecule has 6 aromatic rings. The number of aromatic nitrogens is 7. The summed E-state index contributed by atoms with van der Waals surface area (Å²) in [6, 6.07) is 14.4. The third-order valence-electron chi connectivity index (χ3n) is 7.50. The van der Waals surface area contributed by atoms with Gasteiger partial charge in [0, 0.05) is 47.8 Å². The molecule has 0 unspecified atom stereocenters. The molecule has 8 heteroatoms. The van der Waals surface area contributed by atoms with Crippen LogP contribution in [0.15, 0.2) is 73.4 Å². The highest BCUT2D eigenvalue weighted by molar-refractivity contribution is 5.97. The van der Waals surface area contributed by atoms with Gasteiger partial charge in [-0.1, -0.05) is 25.0 Å². The maximum absolute atomic E-state index is 4.97. The predicted molar refractivity (Wildman–Crippen MR) is 149 cm³/mol. The van der Waals surface area contributed by atoms with Crippen molar-refractivity contribution in [2.75, 3.05) is 6.54 Å². The number of aromatic amines is 2. The molecule has 5 aromatic heterocycles. The molecule has 38 heavy (non-hydrogen) atoms. The van der Waals surface area contributed by atoms with Gasteiger partial charge in [0.1, 0.15) is 5.69 Å².